The molecular formula is C37H43N5O2. The second-order valence-corrected chi connectivity index (χ2v) is 13.1. The van der Waals surface area contributed by atoms with Crippen LogP contribution in [0.25, 0.3) is 11.0 Å². The zero-order valence-corrected chi connectivity index (χ0v) is 25.7. The Morgan fingerprint density at radius 1 is 0.841 bits per heavy atom. The zero-order valence-electron chi connectivity index (χ0n) is 25.7. The van der Waals surface area contributed by atoms with Crippen molar-refractivity contribution in [2.75, 3.05) is 26.2 Å². The summed E-state index contributed by atoms with van der Waals surface area (Å²) in [4.78, 5) is 35.2. The minimum absolute atomic E-state index is 0.00150. The van der Waals surface area contributed by atoms with Crippen LogP contribution in [-0.2, 0) is 10.2 Å². The average Bonchev–Trinajstić information content (AvgIpc) is 3.53. The number of nitrogens with zero attached hydrogens (tertiary/aromatic N) is 4. The number of carbonyl (C=O) groups excluding carboxylic acids is 2. The Morgan fingerprint density at radius 2 is 1.48 bits per heavy atom. The predicted molar refractivity (Wildman–Crippen MR) is 174 cm³/mol. The van der Waals surface area contributed by atoms with Gasteiger partial charge in [-0.05, 0) is 93.7 Å². The average molecular weight is 590 g/mol. The number of aryl methyl sites for hydroxylation is 1. The molecule has 0 aliphatic carbocycles. The van der Waals surface area contributed by atoms with E-state index in [4.69, 9.17) is 4.98 Å². The van der Waals surface area contributed by atoms with Crippen molar-refractivity contribution in [2.24, 2.45) is 0 Å². The smallest absolute Gasteiger partial charge is 0.251 e. The minimum atomic E-state index is -0.204. The molecular weight excluding hydrogens is 546 g/mol. The number of hydrogen-bond acceptors (Lipinski definition) is 4. The number of imidazole rings is 1. The molecule has 7 heteroatoms. The van der Waals surface area contributed by atoms with Gasteiger partial charge in [-0.3, -0.25) is 14.5 Å². The van der Waals surface area contributed by atoms with E-state index < -0.39 is 0 Å². The molecule has 228 valence electrons. The van der Waals surface area contributed by atoms with Crippen molar-refractivity contribution in [3.8, 4) is 0 Å². The lowest BCUT2D eigenvalue weighted by Gasteiger charge is -2.45. The van der Waals surface area contributed by atoms with E-state index in [1.54, 1.807) is 12.1 Å². The minimum Gasteiger partial charge on any atom is -0.343 e. The lowest BCUT2D eigenvalue weighted by Crippen LogP contribution is -2.50. The number of piperidine rings is 2. The maximum absolute atomic E-state index is 13.1. The normalized spacial score (nSPS) is 23.1. The van der Waals surface area contributed by atoms with Crippen LogP contribution in [0.5, 0.6) is 0 Å². The van der Waals surface area contributed by atoms with Gasteiger partial charge < -0.3 is 14.8 Å². The summed E-state index contributed by atoms with van der Waals surface area (Å²) in [6.45, 7) is 4.73. The monoisotopic (exact) mass is 589 g/mol. The summed E-state index contributed by atoms with van der Waals surface area (Å²) in [6, 6.07) is 30.4. The van der Waals surface area contributed by atoms with Gasteiger partial charge in [0, 0.05) is 36.8 Å². The standard InChI is InChI=1S/C37H43N5O2/c1-27-39-33-14-8-9-15-34(33)42(27)32-24-30-16-17-31(25-32)41(30)23-20-37(29-12-6-3-7-13-29)18-21-40(22-19-37)35(43)26-38-36(44)28-10-4-2-5-11-28/h2-15,30-32H,16-26H2,1H3,(H,38,44)/t30-,31+,32+. The van der Waals surface area contributed by atoms with Crippen molar-refractivity contribution >= 4 is 22.8 Å². The third kappa shape index (κ3) is 5.54. The maximum atomic E-state index is 13.1. The second-order valence-electron chi connectivity index (χ2n) is 13.1. The molecule has 0 unspecified atom stereocenters. The first-order valence-corrected chi connectivity index (χ1v) is 16.4. The fourth-order valence-electron chi connectivity index (χ4n) is 8.41. The number of carbonyl (C=O) groups is 2. The van der Waals surface area contributed by atoms with Gasteiger partial charge in [-0.15, -0.1) is 0 Å². The van der Waals surface area contributed by atoms with Gasteiger partial charge in [-0.1, -0.05) is 60.7 Å². The van der Waals surface area contributed by atoms with Crippen LogP contribution in [0.4, 0.5) is 0 Å². The van der Waals surface area contributed by atoms with Crippen LogP contribution < -0.4 is 5.32 Å². The Bertz CT molecular complexity index is 1590. The van der Waals surface area contributed by atoms with Crippen molar-refractivity contribution in [3.63, 3.8) is 0 Å². The summed E-state index contributed by atoms with van der Waals surface area (Å²) in [5.41, 5.74) is 4.40. The highest BCUT2D eigenvalue weighted by Crippen LogP contribution is 2.45. The topological polar surface area (TPSA) is 70.5 Å². The van der Waals surface area contributed by atoms with Gasteiger partial charge in [0.05, 0.1) is 17.6 Å². The Kier molecular flexibility index (Phi) is 7.98. The van der Waals surface area contributed by atoms with E-state index in [0.29, 0.717) is 23.7 Å². The number of aromatic nitrogens is 2. The lowest BCUT2D eigenvalue weighted by atomic mass is 9.70. The highest BCUT2D eigenvalue weighted by molar-refractivity contribution is 5.96. The lowest BCUT2D eigenvalue weighted by molar-refractivity contribution is -0.131. The van der Waals surface area contributed by atoms with Crippen LogP contribution >= 0.6 is 0 Å². The fraction of sp³-hybridized carbons (Fsp3) is 0.432. The van der Waals surface area contributed by atoms with Crippen LogP contribution in [0.15, 0.2) is 84.9 Å². The van der Waals surface area contributed by atoms with Crippen LogP contribution in [0.2, 0.25) is 0 Å². The van der Waals surface area contributed by atoms with Gasteiger partial charge in [-0.2, -0.15) is 0 Å². The van der Waals surface area contributed by atoms with Crippen molar-refractivity contribution in [1.82, 2.24) is 24.7 Å². The SMILES string of the molecule is Cc1nc2ccccc2n1[C@H]1C[C@H]2CC[C@@H](C1)N2CCC1(c2ccccc2)CCN(C(=O)CNC(=O)c2ccccc2)CC1. The van der Waals surface area contributed by atoms with Crippen molar-refractivity contribution in [1.29, 1.82) is 0 Å². The molecule has 4 aromatic rings. The van der Waals surface area contributed by atoms with Gasteiger partial charge in [0.1, 0.15) is 5.82 Å². The van der Waals surface area contributed by atoms with Crippen LogP contribution in [0.1, 0.15) is 72.7 Å². The summed E-state index contributed by atoms with van der Waals surface area (Å²) in [5, 5.41) is 2.82. The van der Waals surface area contributed by atoms with E-state index in [2.05, 4.69) is 76.3 Å². The summed E-state index contributed by atoms with van der Waals surface area (Å²) in [6.07, 6.45) is 7.93. The number of nitrogens with one attached hydrogen (secondary N) is 1. The summed E-state index contributed by atoms with van der Waals surface area (Å²) in [7, 11) is 0. The summed E-state index contributed by atoms with van der Waals surface area (Å²) in [5.74, 6) is 0.927. The Hall–Kier alpha value is -3.97. The Labute approximate surface area is 260 Å². The number of benzene rings is 3. The van der Waals surface area contributed by atoms with E-state index in [-0.39, 0.29) is 23.8 Å². The molecule has 3 atom stereocenters. The molecule has 2 amide bonds. The highest BCUT2D eigenvalue weighted by atomic mass is 16.2. The number of para-hydroxylation sites is 2. The number of rotatable bonds is 8. The molecule has 4 heterocycles. The predicted octanol–water partition coefficient (Wildman–Crippen LogP) is 5.89. The van der Waals surface area contributed by atoms with E-state index in [9.17, 15) is 9.59 Å². The van der Waals surface area contributed by atoms with Gasteiger partial charge in [0.25, 0.3) is 5.91 Å². The number of likely N-dealkylation sites (tertiary alicyclic amines) is 1. The van der Waals surface area contributed by atoms with Crippen LogP contribution in [0.3, 0.4) is 0 Å². The number of fused-ring (bicyclic) bond motifs is 3. The third-order valence-electron chi connectivity index (χ3n) is 10.7. The van der Waals surface area contributed by atoms with Gasteiger partial charge in [0.15, 0.2) is 0 Å². The molecule has 3 aliphatic heterocycles. The Balaban J connectivity index is 1.00. The first kappa shape index (κ1) is 28.8. The van der Waals surface area contributed by atoms with Crippen molar-refractivity contribution < 1.29 is 9.59 Å². The molecule has 3 fully saturated rings. The van der Waals surface area contributed by atoms with Crippen molar-refractivity contribution in [3.05, 3.63) is 102 Å². The van der Waals surface area contributed by atoms with Gasteiger partial charge in [-0.25, -0.2) is 4.98 Å². The maximum Gasteiger partial charge on any atom is 0.251 e. The molecule has 0 saturated carbocycles. The molecule has 3 saturated heterocycles. The summed E-state index contributed by atoms with van der Waals surface area (Å²) < 4.78 is 2.51. The number of amides is 2. The largest absolute Gasteiger partial charge is 0.343 e. The molecule has 3 aliphatic rings. The van der Waals surface area contributed by atoms with Gasteiger partial charge in [0.2, 0.25) is 5.91 Å². The van der Waals surface area contributed by atoms with E-state index in [1.807, 2.05) is 23.1 Å². The molecule has 3 aromatic carbocycles. The van der Waals surface area contributed by atoms with Crippen LogP contribution in [-0.4, -0.2) is 69.4 Å². The first-order chi connectivity index (χ1) is 21.5. The quantitative estimate of drug-likeness (QED) is 0.278. The molecule has 0 radical (unpaired) electrons. The molecule has 1 aromatic heterocycles. The molecule has 44 heavy (non-hydrogen) atoms. The van der Waals surface area contributed by atoms with E-state index >= 15 is 0 Å². The molecule has 0 spiro atoms. The molecule has 2 bridgehead atoms. The molecule has 7 rings (SSSR count). The highest BCUT2D eigenvalue weighted by Gasteiger charge is 2.44. The molecule has 7 nitrogen and oxygen atoms in total. The van der Waals surface area contributed by atoms with E-state index in [1.165, 1.54) is 36.8 Å². The van der Waals surface area contributed by atoms with Crippen LogP contribution in [0, 0.1) is 6.92 Å². The fourth-order valence-corrected chi connectivity index (χ4v) is 8.41. The number of hydrogen-bond donors (Lipinski definition) is 1. The van der Waals surface area contributed by atoms with Crippen molar-refractivity contribution in [2.45, 2.75) is 75.4 Å². The second kappa shape index (κ2) is 12.2. The first-order valence-electron chi connectivity index (χ1n) is 16.4. The Morgan fingerprint density at radius 3 is 2.18 bits per heavy atom. The zero-order chi connectivity index (χ0) is 30.1. The molecule has 1 N–H and O–H groups in total. The summed E-state index contributed by atoms with van der Waals surface area (Å²) >= 11 is 0. The third-order valence-corrected chi connectivity index (χ3v) is 10.7. The van der Waals surface area contributed by atoms with E-state index in [0.717, 1.165) is 50.2 Å². The van der Waals surface area contributed by atoms with Gasteiger partial charge >= 0.3 is 0 Å².